The van der Waals surface area contributed by atoms with Crippen LogP contribution in [0.3, 0.4) is 0 Å². The van der Waals surface area contributed by atoms with Crippen molar-refractivity contribution < 1.29 is 18.7 Å². The molecule has 0 aromatic heterocycles. The van der Waals surface area contributed by atoms with Gasteiger partial charge in [-0.2, -0.15) is 0 Å². The summed E-state index contributed by atoms with van der Waals surface area (Å²) in [5, 5.41) is 3.31. The van der Waals surface area contributed by atoms with Crippen LogP contribution in [0.15, 0.2) is 42.5 Å². The lowest BCUT2D eigenvalue weighted by Gasteiger charge is -2.14. The number of carbonyl (C=O) groups is 2. The molecule has 0 heterocycles. The molecule has 0 saturated carbocycles. The van der Waals surface area contributed by atoms with E-state index in [-0.39, 0.29) is 12.2 Å². The molecular formula is C17H14Cl2FNO3. The Morgan fingerprint density at radius 3 is 2.29 bits per heavy atom. The van der Waals surface area contributed by atoms with Gasteiger partial charge in [0.2, 0.25) is 0 Å². The Balaban J connectivity index is 1.90. The molecule has 126 valence electrons. The molecule has 1 amide bonds. The van der Waals surface area contributed by atoms with E-state index >= 15 is 0 Å². The smallest absolute Gasteiger partial charge is 0.311 e. The minimum absolute atomic E-state index is 0.0547. The number of hydrogen-bond acceptors (Lipinski definition) is 3. The molecule has 24 heavy (non-hydrogen) atoms. The van der Waals surface area contributed by atoms with Crippen molar-refractivity contribution in [3.8, 4) is 0 Å². The number of amides is 1. The average Bonchev–Trinajstić information content (AvgIpc) is 2.48. The zero-order chi connectivity index (χ0) is 17.7. The fourth-order valence-electron chi connectivity index (χ4n) is 1.93. The second-order valence-electron chi connectivity index (χ2n) is 5.08. The molecule has 0 aliphatic carbocycles. The third-order valence-electron chi connectivity index (χ3n) is 3.07. The van der Waals surface area contributed by atoms with Crippen LogP contribution < -0.4 is 5.32 Å². The molecule has 7 heteroatoms. The molecule has 1 atom stereocenters. The number of hydrogen-bond donors (Lipinski definition) is 1. The maximum absolute atomic E-state index is 12.8. The van der Waals surface area contributed by atoms with Crippen LogP contribution in [-0.4, -0.2) is 18.0 Å². The van der Waals surface area contributed by atoms with Crippen molar-refractivity contribution in [1.29, 1.82) is 0 Å². The molecule has 0 radical (unpaired) electrons. The number of ether oxygens (including phenoxy) is 1. The molecule has 4 nitrogen and oxygen atoms in total. The van der Waals surface area contributed by atoms with Crippen LogP contribution in [-0.2, 0) is 20.7 Å². The molecule has 0 bridgehead atoms. The van der Waals surface area contributed by atoms with E-state index in [0.717, 1.165) is 0 Å². The van der Waals surface area contributed by atoms with Gasteiger partial charge in [0.1, 0.15) is 5.82 Å². The van der Waals surface area contributed by atoms with Gasteiger partial charge in [-0.25, -0.2) is 4.39 Å². The molecule has 2 aromatic carbocycles. The van der Waals surface area contributed by atoms with Crippen molar-refractivity contribution in [2.75, 3.05) is 5.32 Å². The lowest BCUT2D eigenvalue weighted by atomic mass is 10.1. The van der Waals surface area contributed by atoms with Gasteiger partial charge in [0.25, 0.3) is 5.91 Å². The Hall–Kier alpha value is -2.11. The van der Waals surface area contributed by atoms with Gasteiger partial charge in [-0.05, 0) is 42.8 Å². The minimum Gasteiger partial charge on any atom is -0.452 e. The number of anilines is 1. The number of carbonyl (C=O) groups excluding carboxylic acids is 2. The lowest BCUT2D eigenvalue weighted by Crippen LogP contribution is -2.30. The first-order chi connectivity index (χ1) is 11.3. The summed E-state index contributed by atoms with van der Waals surface area (Å²) >= 11 is 11.7. The Labute approximate surface area is 148 Å². The van der Waals surface area contributed by atoms with Crippen LogP contribution in [0.1, 0.15) is 12.5 Å². The maximum Gasteiger partial charge on any atom is 0.311 e. The second kappa shape index (κ2) is 8.13. The first-order valence-corrected chi connectivity index (χ1v) is 7.80. The van der Waals surface area contributed by atoms with E-state index < -0.39 is 18.0 Å². The zero-order valence-corrected chi connectivity index (χ0v) is 14.2. The molecule has 0 spiro atoms. The van der Waals surface area contributed by atoms with Crippen LogP contribution in [0.25, 0.3) is 0 Å². The summed E-state index contributed by atoms with van der Waals surface area (Å²) in [6.45, 7) is 1.45. The predicted octanol–water partition coefficient (Wildman–Crippen LogP) is 4.25. The fraction of sp³-hybridized carbons (Fsp3) is 0.176. The zero-order valence-electron chi connectivity index (χ0n) is 12.7. The molecular weight excluding hydrogens is 356 g/mol. The van der Waals surface area contributed by atoms with E-state index in [9.17, 15) is 14.0 Å². The first-order valence-electron chi connectivity index (χ1n) is 7.04. The monoisotopic (exact) mass is 369 g/mol. The molecule has 2 rings (SSSR count). The van der Waals surface area contributed by atoms with Crippen molar-refractivity contribution >= 4 is 40.8 Å². The lowest BCUT2D eigenvalue weighted by molar-refractivity contribution is -0.152. The Bertz CT molecular complexity index is 730. The summed E-state index contributed by atoms with van der Waals surface area (Å²) in [6.07, 6.45) is -1.06. The summed E-state index contributed by atoms with van der Waals surface area (Å²) in [6, 6.07) is 10.1. The molecule has 0 saturated heterocycles. The number of benzene rings is 2. The average molecular weight is 370 g/mol. The third kappa shape index (κ3) is 5.51. The van der Waals surface area contributed by atoms with E-state index in [0.29, 0.717) is 21.3 Å². The first kappa shape index (κ1) is 18.2. The van der Waals surface area contributed by atoms with E-state index in [1.165, 1.54) is 49.4 Å². The van der Waals surface area contributed by atoms with E-state index in [2.05, 4.69) is 5.32 Å². The Morgan fingerprint density at radius 2 is 1.71 bits per heavy atom. The van der Waals surface area contributed by atoms with Crippen molar-refractivity contribution in [3.05, 3.63) is 63.9 Å². The molecule has 2 aromatic rings. The summed E-state index contributed by atoms with van der Waals surface area (Å²) in [4.78, 5) is 23.9. The minimum atomic E-state index is -1.00. The summed E-state index contributed by atoms with van der Waals surface area (Å²) < 4.78 is 17.9. The molecule has 1 N–H and O–H groups in total. The van der Waals surface area contributed by atoms with E-state index in [1.807, 2.05) is 0 Å². The van der Waals surface area contributed by atoms with Gasteiger partial charge in [0.15, 0.2) is 6.10 Å². The highest BCUT2D eigenvalue weighted by molar-refractivity contribution is 6.35. The van der Waals surface area contributed by atoms with Gasteiger partial charge in [-0.3, -0.25) is 9.59 Å². The standard InChI is InChI=1S/C17H14Cl2FNO3/c1-10(17(23)21-15-8-12(18)7-13(19)9-15)24-16(22)6-11-2-4-14(20)5-3-11/h2-5,7-10H,6H2,1H3,(H,21,23)/t10-/m0/s1. The number of rotatable bonds is 5. The van der Waals surface area contributed by atoms with Crippen molar-refractivity contribution in [3.63, 3.8) is 0 Å². The number of halogens is 3. The molecule has 0 fully saturated rings. The van der Waals surface area contributed by atoms with Crippen LogP contribution in [0.4, 0.5) is 10.1 Å². The Kier molecular flexibility index (Phi) is 6.17. The fourth-order valence-corrected chi connectivity index (χ4v) is 2.46. The van der Waals surface area contributed by atoms with Crippen LogP contribution in [0.2, 0.25) is 10.0 Å². The predicted molar refractivity (Wildman–Crippen MR) is 90.7 cm³/mol. The summed E-state index contributed by atoms with van der Waals surface area (Å²) in [5.74, 6) is -1.49. The second-order valence-corrected chi connectivity index (χ2v) is 5.96. The van der Waals surface area contributed by atoms with Crippen molar-refractivity contribution in [2.24, 2.45) is 0 Å². The van der Waals surface area contributed by atoms with Crippen LogP contribution in [0, 0.1) is 5.82 Å². The highest BCUT2D eigenvalue weighted by Gasteiger charge is 2.18. The van der Waals surface area contributed by atoms with Gasteiger partial charge >= 0.3 is 5.97 Å². The molecule has 0 aliphatic heterocycles. The number of esters is 1. The molecule has 0 unspecified atom stereocenters. The van der Waals surface area contributed by atoms with E-state index in [1.54, 1.807) is 0 Å². The van der Waals surface area contributed by atoms with E-state index in [4.69, 9.17) is 27.9 Å². The van der Waals surface area contributed by atoms with Crippen LogP contribution in [0.5, 0.6) is 0 Å². The quantitative estimate of drug-likeness (QED) is 0.801. The van der Waals surface area contributed by atoms with Crippen LogP contribution >= 0.6 is 23.2 Å². The van der Waals surface area contributed by atoms with Gasteiger partial charge in [0.05, 0.1) is 6.42 Å². The normalized spacial score (nSPS) is 11.7. The largest absolute Gasteiger partial charge is 0.452 e. The summed E-state index contributed by atoms with van der Waals surface area (Å²) in [5.41, 5.74) is 0.995. The van der Waals surface area contributed by atoms with Gasteiger partial charge in [-0.15, -0.1) is 0 Å². The Morgan fingerprint density at radius 1 is 1.12 bits per heavy atom. The third-order valence-corrected chi connectivity index (χ3v) is 3.51. The van der Waals surface area contributed by atoms with Gasteiger partial charge in [-0.1, -0.05) is 35.3 Å². The van der Waals surface area contributed by atoms with Crippen molar-refractivity contribution in [1.82, 2.24) is 0 Å². The highest BCUT2D eigenvalue weighted by Crippen LogP contribution is 2.22. The van der Waals surface area contributed by atoms with Gasteiger partial charge in [0, 0.05) is 15.7 Å². The highest BCUT2D eigenvalue weighted by atomic mass is 35.5. The maximum atomic E-state index is 12.8. The van der Waals surface area contributed by atoms with Crippen molar-refractivity contribution in [2.45, 2.75) is 19.4 Å². The molecule has 0 aliphatic rings. The SMILES string of the molecule is C[C@H](OC(=O)Cc1ccc(F)cc1)C(=O)Nc1cc(Cl)cc(Cl)c1. The summed E-state index contributed by atoms with van der Waals surface area (Å²) in [7, 11) is 0. The van der Waals surface area contributed by atoms with Gasteiger partial charge < -0.3 is 10.1 Å². The number of nitrogens with one attached hydrogen (secondary N) is 1. The topological polar surface area (TPSA) is 55.4 Å².